The molecule has 3 N–H and O–H groups in total. The van der Waals surface area contributed by atoms with Gasteiger partial charge in [-0.2, -0.15) is 0 Å². The predicted octanol–water partition coefficient (Wildman–Crippen LogP) is 4.29. The average molecular weight is 475 g/mol. The summed E-state index contributed by atoms with van der Waals surface area (Å²) in [7, 11) is 0. The molecule has 0 saturated heterocycles. The zero-order chi connectivity index (χ0) is 18.3. The Morgan fingerprint density at radius 2 is 1.33 bits per heavy atom. The summed E-state index contributed by atoms with van der Waals surface area (Å²) in [5.41, 5.74) is 0. The molecule has 0 amide bonds. The summed E-state index contributed by atoms with van der Waals surface area (Å²) in [5, 5.41) is 0. The van der Waals surface area contributed by atoms with E-state index < -0.39 is 35.5 Å². The molecular weight excluding hydrogens is 434 g/mol. The molecule has 0 saturated carbocycles. The van der Waals surface area contributed by atoms with Gasteiger partial charge in [-0.25, -0.2) is 0 Å². The molecule has 0 aromatic carbocycles. The Morgan fingerprint density at radius 1 is 0.917 bits per heavy atom. The van der Waals surface area contributed by atoms with Gasteiger partial charge in [0.2, 0.25) is 0 Å². The van der Waals surface area contributed by atoms with Crippen LogP contribution >= 0.6 is 0 Å². The molecule has 3 atom stereocenters. The zero-order valence-corrected chi connectivity index (χ0v) is 22.2. The quantitative estimate of drug-likeness (QED) is 0.391. The van der Waals surface area contributed by atoms with Crippen LogP contribution in [0.3, 0.4) is 0 Å². The molecule has 5 heteroatoms. The zero-order valence-electron chi connectivity index (χ0n) is 17.3. The molecule has 1 rings (SSSR count). The minimum atomic E-state index is -3.07. The first kappa shape index (κ1) is 22.8. The molecule has 0 aromatic rings. The number of hydrogen-bond acceptors (Lipinski definition) is 3. The van der Waals surface area contributed by atoms with Gasteiger partial charge in [-0.05, 0) is 0 Å². The minimum absolute atomic E-state index is 0.558. The van der Waals surface area contributed by atoms with Gasteiger partial charge in [0.25, 0.3) is 0 Å². The molecule has 1 aliphatic carbocycles. The van der Waals surface area contributed by atoms with E-state index in [4.69, 9.17) is 0 Å². The molecule has 1 aliphatic rings. The summed E-state index contributed by atoms with van der Waals surface area (Å²) in [5.74, 6) is 5.04. The van der Waals surface area contributed by atoms with E-state index in [2.05, 4.69) is 75.0 Å². The number of hydrogen-bond donors (Lipinski definition) is 3. The van der Waals surface area contributed by atoms with Gasteiger partial charge in [-0.15, -0.1) is 0 Å². The topological polar surface area (TPSA) is 36.1 Å². The summed E-state index contributed by atoms with van der Waals surface area (Å²) in [6, 6.07) is 1.67. The van der Waals surface area contributed by atoms with Gasteiger partial charge in [0, 0.05) is 0 Å². The van der Waals surface area contributed by atoms with Crippen molar-refractivity contribution >= 4 is 14.3 Å². The van der Waals surface area contributed by atoms with Crippen molar-refractivity contribution < 1.29 is 21.1 Å². The van der Waals surface area contributed by atoms with Crippen molar-refractivity contribution in [2.75, 3.05) is 0 Å². The van der Waals surface area contributed by atoms with Crippen LogP contribution in [0.2, 0.25) is 11.5 Å². The van der Waals surface area contributed by atoms with E-state index in [-0.39, 0.29) is 0 Å². The second-order valence-electron chi connectivity index (χ2n) is 7.81. The second-order valence-corrected chi connectivity index (χ2v) is 21.3. The van der Waals surface area contributed by atoms with Crippen molar-refractivity contribution in [2.24, 2.45) is 0 Å². The van der Waals surface area contributed by atoms with Crippen molar-refractivity contribution in [3.63, 3.8) is 0 Å². The van der Waals surface area contributed by atoms with Crippen LogP contribution in [0, 0.1) is 0 Å². The summed E-state index contributed by atoms with van der Waals surface area (Å²) in [6.07, 6.45) is 9.58. The van der Waals surface area contributed by atoms with Crippen molar-refractivity contribution in [3.05, 3.63) is 19.8 Å². The van der Waals surface area contributed by atoms with E-state index in [0.29, 0.717) is 18.1 Å². The fraction of sp³-hybridized carbons (Fsp3) is 0.789. The van der Waals surface area contributed by atoms with Crippen LogP contribution in [-0.4, -0.2) is 32.5 Å². The second kappa shape index (κ2) is 10.8. The van der Waals surface area contributed by atoms with Crippen LogP contribution in [-0.2, 0) is 21.1 Å². The first-order valence-corrected chi connectivity index (χ1v) is 21.0. The molecule has 0 bridgehead atoms. The maximum absolute atomic E-state index is 4.16. The van der Waals surface area contributed by atoms with Crippen LogP contribution in [0.4, 0.5) is 0 Å². The van der Waals surface area contributed by atoms with E-state index in [0.717, 1.165) is 6.42 Å². The number of nitrogens with one attached hydrogen (secondary N) is 3. The first-order valence-electron chi connectivity index (χ1n) is 10.0. The normalized spacial score (nSPS) is 21.2. The van der Waals surface area contributed by atoms with Gasteiger partial charge in [0.15, 0.2) is 0 Å². The van der Waals surface area contributed by atoms with Gasteiger partial charge in [0.1, 0.15) is 0 Å². The van der Waals surface area contributed by atoms with E-state index in [9.17, 15) is 0 Å². The van der Waals surface area contributed by atoms with E-state index in [1.54, 1.807) is 7.69 Å². The van der Waals surface area contributed by atoms with Crippen molar-refractivity contribution in [2.45, 2.75) is 96.9 Å². The third-order valence-electron chi connectivity index (χ3n) is 5.27. The fourth-order valence-corrected chi connectivity index (χ4v) is 23.6. The van der Waals surface area contributed by atoms with E-state index in [1.165, 1.54) is 19.3 Å². The van der Waals surface area contributed by atoms with Gasteiger partial charge in [-0.3, -0.25) is 0 Å². The van der Waals surface area contributed by atoms with Crippen LogP contribution in [0.1, 0.15) is 67.2 Å². The summed E-state index contributed by atoms with van der Waals surface area (Å²) in [6.45, 7) is 13.9. The Labute approximate surface area is 161 Å². The standard InChI is InChI=1S/C7H11Ge.3C4H10N.Zr/c1-8(2)7-5-3-4-6-7;3*1-3-4(2)5;/h3,5,8H,4H2,1-2H3;3*4-5H,3H2,1-2H3;/q;3*-1;+3. The molecule has 140 valence electrons. The molecule has 0 aromatic heterocycles. The molecule has 0 fully saturated rings. The van der Waals surface area contributed by atoms with Gasteiger partial charge < -0.3 is 0 Å². The predicted molar refractivity (Wildman–Crippen MR) is 108 cm³/mol. The Balaban J connectivity index is 3.35. The van der Waals surface area contributed by atoms with Crippen molar-refractivity contribution in [1.82, 2.24) is 9.78 Å². The van der Waals surface area contributed by atoms with Crippen LogP contribution in [0.5, 0.6) is 0 Å². The monoisotopic (exact) mass is 475 g/mol. The van der Waals surface area contributed by atoms with Crippen molar-refractivity contribution in [3.8, 4) is 0 Å². The number of rotatable bonds is 11. The third kappa shape index (κ3) is 6.19. The molecule has 3 unspecified atom stereocenters. The molecule has 3 nitrogen and oxygen atoms in total. The molecule has 0 radical (unpaired) electrons. The summed E-state index contributed by atoms with van der Waals surface area (Å²) >= 11 is -4.38. The maximum atomic E-state index is 4.16. The third-order valence-corrected chi connectivity index (χ3v) is 20.8. The molecule has 0 heterocycles. The Bertz CT molecular complexity index is 417. The number of allylic oxidation sites excluding steroid dienone is 4. The SMILES string of the molecule is CCC(C)[NH][Zr]([NH]C(C)CC)([NH]C(C)CC)[C]1=[C]([GeH]([CH3])[CH3])C=CC1. The van der Waals surface area contributed by atoms with E-state index >= 15 is 0 Å². The Morgan fingerprint density at radius 3 is 1.67 bits per heavy atom. The van der Waals surface area contributed by atoms with E-state index in [1.807, 2.05) is 0 Å². The van der Waals surface area contributed by atoms with Gasteiger partial charge >= 0.3 is 162 Å². The molecule has 24 heavy (non-hydrogen) atoms. The van der Waals surface area contributed by atoms with Crippen LogP contribution in [0.25, 0.3) is 0 Å². The van der Waals surface area contributed by atoms with Crippen LogP contribution < -0.4 is 9.78 Å². The Hall–Kier alpha value is 0.786. The molecule has 0 aliphatic heterocycles. The average Bonchev–Trinajstić information content (AvgIpc) is 3.04. The summed E-state index contributed by atoms with van der Waals surface area (Å²) < 4.78 is 16.0. The molecule has 0 spiro atoms. The van der Waals surface area contributed by atoms with Crippen molar-refractivity contribution in [1.29, 1.82) is 0 Å². The molecular formula is C19H41GeN3Zr. The Kier molecular flexibility index (Phi) is 10.3. The van der Waals surface area contributed by atoms with Gasteiger partial charge in [-0.1, -0.05) is 0 Å². The van der Waals surface area contributed by atoms with Gasteiger partial charge in [0.05, 0.1) is 0 Å². The van der Waals surface area contributed by atoms with Crippen LogP contribution in [0.15, 0.2) is 19.8 Å². The fourth-order valence-electron chi connectivity index (χ4n) is 3.23. The first-order chi connectivity index (χ1) is 11.3. The summed E-state index contributed by atoms with van der Waals surface area (Å²) in [4.78, 5) is 0.